The van der Waals surface area contributed by atoms with Crippen molar-refractivity contribution in [3.63, 3.8) is 0 Å². The standard InChI is InChI=1S/C18H16N2O7/c1-10-3-4-14(20(23)24)15(5-10)25-8-18(22)19-13-7-17-16(26-9-27-17)6-12(13)11(2)21/h3-7H,8-9H2,1-2H3,(H,19,22). The van der Waals surface area contributed by atoms with Gasteiger partial charge in [-0.1, -0.05) is 6.07 Å². The van der Waals surface area contributed by atoms with Crippen LogP contribution in [0.4, 0.5) is 11.4 Å². The largest absolute Gasteiger partial charge is 0.477 e. The fourth-order valence-corrected chi connectivity index (χ4v) is 2.55. The highest BCUT2D eigenvalue weighted by atomic mass is 16.7. The third kappa shape index (κ3) is 3.97. The van der Waals surface area contributed by atoms with Gasteiger partial charge in [-0.15, -0.1) is 0 Å². The van der Waals surface area contributed by atoms with Crippen LogP contribution >= 0.6 is 0 Å². The number of rotatable bonds is 6. The molecule has 1 heterocycles. The number of carbonyl (C=O) groups is 2. The van der Waals surface area contributed by atoms with E-state index in [0.717, 1.165) is 5.56 Å². The minimum absolute atomic E-state index is 0.00683. The molecule has 0 radical (unpaired) electrons. The van der Waals surface area contributed by atoms with Crippen molar-refractivity contribution in [3.8, 4) is 17.2 Å². The van der Waals surface area contributed by atoms with E-state index in [1.807, 2.05) is 0 Å². The fourth-order valence-electron chi connectivity index (χ4n) is 2.55. The summed E-state index contributed by atoms with van der Waals surface area (Å²) in [7, 11) is 0. The average molecular weight is 372 g/mol. The Morgan fingerprint density at radius 2 is 1.93 bits per heavy atom. The molecule has 3 rings (SSSR count). The van der Waals surface area contributed by atoms with Crippen LogP contribution in [0.1, 0.15) is 22.8 Å². The zero-order valence-electron chi connectivity index (χ0n) is 14.6. The highest BCUT2D eigenvalue weighted by Gasteiger charge is 2.21. The first-order chi connectivity index (χ1) is 12.8. The summed E-state index contributed by atoms with van der Waals surface area (Å²) >= 11 is 0. The topological polar surface area (TPSA) is 117 Å². The number of carbonyl (C=O) groups excluding carboxylic acids is 2. The van der Waals surface area contributed by atoms with Crippen LogP contribution in [-0.2, 0) is 4.79 Å². The second kappa shape index (κ2) is 7.32. The van der Waals surface area contributed by atoms with Gasteiger partial charge in [0.15, 0.2) is 29.6 Å². The number of hydrogen-bond donors (Lipinski definition) is 1. The van der Waals surface area contributed by atoms with E-state index in [1.54, 1.807) is 13.0 Å². The van der Waals surface area contributed by atoms with Gasteiger partial charge in [-0.25, -0.2) is 0 Å². The molecule has 9 heteroatoms. The third-order valence-electron chi connectivity index (χ3n) is 3.84. The van der Waals surface area contributed by atoms with Crippen LogP contribution < -0.4 is 19.5 Å². The number of fused-ring (bicyclic) bond motifs is 1. The van der Waals surface area contributed by atoms with Crippen LogP contribution in [0.5, 0.6) is 17.2 Å². The van der Waals surface area contributed by atoms with Crippen LogP contribution in [0.3, 0.4) is 0 Å². The van der Waals surface area contributed by atoms with Crippen LogP contribution in [0.2, 0.25) is 0 Å². The summed E-state index contributed by atoms with van der Waals surface area (Å²) in [5, 5.41) is 13.6. The van der Waals surface area contributed by atoms with Crippen molar-refractivity contribution in [2.75, 3.05) is 18.7 Å². The Kier molecular flexibility index (Phi) is 4.93. The van der Waals surface area contributed by atoms with Gasteiger partial charge in [0.05, 0.1) is 10.6 Å². The summed E-state index contributed by atoms with van der Waals surface area (Å²) in [5.74, 6) is -0.0194. The number of ether oxygens (including phenoxy) is 3. The van der Waals surface area contributed by atoms with Crippen molar-refractivity contribution in [3.05, 3.63) is 51.6 Å². The van der Waals surface area contributed by atoms with Gasteiger partial charge in [0.25, 0.3) is 5.91 Å². The third-order valence-corrected chi connectivity index (χ3v) is 3.84. The first-order valence-corrected chi connectivity index (χ1v) is 7.97. The molecular weight excluding hydrogens is 356 g/mol. The summed E-state index contributed by atoms with van der Waals surface area (Å²) < 4.78 is 15.8. The number of anilines is 1. The number of nitrogens with one attached hydrogen (secondary N) is 1. The molecule has 1 aliphatic heterocycles. The number of nitro groups is 1. The Morgan fingerprint density at radius 1 is 1.22 bits per heavy atom. The molecule has 0 aliphatic carbocycles. The van der Waals surface area contributed by atoms with Crippen molar-refractivity contribution >= 4 is 23.1 Å². The van der Waals surface area contributed by atoms with Gasteiger partial charge >= 0.3 is 5.69 Å². The minimum Gasteiger partial charge on any atom is -0.477 e. The first kappa shape index (κ1) is 18.2. The highest BCUT2D eigenvalue weighted by molar-refractivity contribution is 6.04. The number of aryl methyl sites for hydroxylation is 1. The molecule has 0 aromatic heterocycles. The Balaban J connectivity index is 1.75. The minimum atomic E-state index is -0.585. The number of nitro benzene ring substituents is 1. The van der Waals surface area contributed by atoms with Gasteiger partial charge in [0.1, 0.15) is 0 Å². The van der Waals surface area contributed by atoms with Crippen molar-refractivity contribution in [2.24, 2.45) is 0 Å². The number of benzene rings is 2. The predicted molar refractivity (Wildman–Crippen MR) is 94.5 cm³/mol. The molecule has 1 aliphatic rings. The van der Waals surface area contributed by atoms with E-state index < -0.39 is 17.4 Å². The highest BCUT2D eigenvalue weighted by Crippen LogP contribution is 2.37. The maximum atomic E-state index is 12.2. The summed E-state index contributed by atoms with van der Waals surface area (Å²) in [4.78, 5) is 34.5. The molecule has 140 valence electrons. The maximum Gasteiger partial charge on any atom is 0.310 e. The van der Waals surface area contributed by atoms with Gasteiger partial charge in [-0.3, -0.25) is 19.7 Å². The molecule has 0 spiro atoms. The lowest BCUT2D eigenvalue weighted by atomic mass is 10.1. The molecule has 27 heavy (non-hydrogen) atoms. The first-order valence-electron chi connectivity index (χ1n) is 7.97. The number of amides is 1. The molecule has 0 fully saturated rings. The maximum absolute atomic E-state index is 12.2. The molecule has 0 atom stereocenters. The molecule has 1 amide bonds. The van der Waals surface area contributed by atoms with Crippen molar-refractivity contribution < 1.29 is 28.7 Å². The normalized spacial score (nSPS) is 11.8. The van der Waals surface area contributed by atoms with Crippen molar-refractivity contribution in [2.45, 2.75) is 13.8 Å². The van der Waals surface area contributed by atoms with E-state index >= 15 is 0 Å². The van der Waals surface area contributed by atoms with Gasteiger partial charge in [0, 0.05) is 17.7 Å². The van der Waals surface area contributed by atoms with Gasteiger partial charge < -0.3 is 19.5 Å². The van der Waals surface area contributed by atoms with E-state index in [9.17, 15) is 19.7 Å². The Bertz CT molecular complexity index is 940. The van der Waals surface area contributed by atoms with Crippen LogP contribution in [0.15, 0.2) is 30.3 Å². The molecular formula is C18H16N2O7. The Hall–Kier alpha value is -3.62. The Morgan fingerprint density at radius 3 is 2.59 bits per heavy atom. The lowest BCUT2D eigenvalue weighted by molar-refractivity contribution is -0.385. The van der Waals surface area contributed by atoms with Gasteiger partial charge in [-0.2, -0.15) is 0 Å². The molecule has 0 unspecified atom stereocenters. The summed E-state index contributed by atoms with van der Waals surface area (Å²) in [5.41, 5.74) is 1.03. The van der Waals surface area contributed by atoms with Crippen molar-refractivity contribution in [1.29, 1.82) is 0 Å². The van der Waals surface area contributed by atoms with Crippen LogP contribution in [0.25, 0.3) is 0 Å². The van der Waals surface area contributed by atoms with E-state index in [-0.39, 0.29) is 35.3 Å². The molecule has 0 saturated carbocycles. The molecule has 2 aromatic carbocycles. The van der Waals surface area contributed by atoms with Crippen molar-refractivity contribution in [1.82, 2.24) is 0 Å². The molecule has 0 saturated heterocycles. The molecule has 9 nitrogen and oxygen atoms in total. The number of Topliss-reactive ketones (excluding diaryl/α,β-unsaturated/α-hetero) is 1. The lowest BCUT2D eigenvalue weighted by Gasteiger charge is -2.11. The SMILES string of the molecule is CC(=O)c1cc2c(cc1NC(=O)COc1cc(C)ccc1[N+](=O)[O-])OCO2. The summed E-state index contributed by atoms with van der Waals surface area (Å²) in [6.07, 6.45) is 0. The summed E-state index contributed by atoms with van der Waals surface area (Å²) in [6, 6.07) is 7.36. The monoisotopic (exact) mass is 372 g/mol. The quantitative estimate of drug-likeness (QED) is 0.471. The zero-order valence-corrected chi connectivity index (χ0v) is 14.6. The molecule has 2 aromatic rings. The van der Waals surface area contributed by atoms with Gasteiger partial charge in [-0.05, 0) is 31.5 Å². The number of hydrogen-bond acceptors (Lipinski definition) is 7. The second-order valence-corrected chi connectivity index (χ2v) is 5.87. The predicted octanol–water partition coefficient (Wildman–Crippen LogP) is 2.85. The fraction of sp³-hybridized carbons (Fsp3) is 0.222. The molecule has 0 bridgehead atoms. The van der Waals surface area contributed by atoms with E-state index in [1.165, 1.54) is 31.2 Å². The molecule has 1 N–H and O–H groups in total. The number of nitrogens with zero attached hydrogens (tertiary/aromatic N) is 1. The second-order valence-electron chi connectivity index (χ2n) is 5.87. The summed E-state index contributed by atoms with van der Waals surface area (Å²) in [6.45, 7) is 2.68. The van der Waals surface area contributed by atoms with Crippen LogP contribution in [-0.4, -0.2) is 30.0 Å². The Labute approximate surface area is 154 Å². The van der Waals surface area contributed by atoms with E-state index in [2.05, 4.69) is 5.32 Å². The van der Waals surface area contributed by atoms with Gasteiger partial charge in [0.2, 0.25) is 6.79 Å². The smallest absolute Gasteiger partial charge is 0.310 e. The average Bonchev–Trinajstić information content (AvgIpc) is 3.06. The zero-order chi connectivity index (χ0) is 19.6. The number of ketones is 1. The van der Waals surface area contributed by atoms with E-state index in [0.29, 0.717) is 11.5 Å². The van der Waals surface area contributed by atoms with Crippen LogP contribution in [0, 0.1) is 17.0 Å². The lowest BCUT2D eigenvalue weighted by Crippen LogP contribution is -2.21. The van der Waals surface area contributed by atoms with E-state index in [4.69, 9.17) is 14.2 Å².